The summed E-state index contributed by atoms with van der Waals surface area (Å²) in [4.78, 5) is 0. The summed E-state index contributed by atoms with van der Waals surface area (Å²) in [6.45, 7) is 2.44. The second kappa shape index (κ2) is 5.49. The maximum Gasteiger partial charge on any atom is 0.119 e. The first kappa shape index (κ1) is 12.9. The van der Waals surface area contributed by atoms with E-state index in [4.69, 9.17) is 19.9 Å². The fraction of sp³-hybridized carbons (Fsp3) is 0.600. The molecule has 0 radical (unpaired) electrons. The quantitative estimate of drug-likeness (QED) is 0.898. The van der Waals surface area contributed by atoms with Crippen LogP contribution in [0.3, 0.4) is 0 Å². The molecule has 3 rings (SSSR count). The van der Waals surface area contributed by atoms with Gasteiger partial charge in [0.2, 0.25) is 0 Å². The summed E-state index contributed by atoms with van der Waals surface area (Å²) >= 11 is 0. The van der Waals surface area contributed by atoms with E-state index in [1.165, 1.54) is 5.56 Å². The third-order valence-corrected chi connectivity index (χ3v) is 4.10. The lowest BCUT2D eigenvalue weighted by atomic mass is 10.1. The van der Waals surface area contributed by atoms with Crippen LogP contribution in [-0.4, -0.2) is 33.0 Å². The van der Waals surface area contributed by atoms with Crippen LogP contribution in [0.5, 0.6) is 5.75 Å². The molecule has 1 aromatic carbocycles. The summed E-state index contributed by atoms with van der Waals surface area (Å²) in [5.41, 5.74) is 8.73. The van der Waals surface area contributed by atoms with E-state index in [1.807, 2.05) is 12.1 Å². The number of methoxy groups -OCH3 is 1. The van der Waals surface area contributed by atoms with Crippen molar-refractivity contribution >= 4 is 0 Å². The van der Waals surface area contributed by atoms with Crippen molar-refractivity contribution in [1.29, 1.82) is 0 Å². The van der Waals surface area contributed by atoms with Gasteiger partial charge in [0.15, 0.2) is 0 Å². The van der Waals surface area contributed by atoms with Crippen molar-refractivity contribution in [2.24, 2.45) is 11.7 Å². The molecule has 0 aromatic heterocycles. The molecule has 0 spiro atoms. The molecular weight excluding hydrogens is 242 g/mol. The average molecular weight is 263 g/mol. The molecule has 19 heavy (non-hydrogen) atoms. The number of fused-ring (bicyclic) bond motifs is 1. The average Bonchev–Trinajstić information content (AvgIpc) is 3.05. The van der Waals surface area contributed by atoms with Crippen LogP contribution >= 0.6 is 0 Å². The summed E-state index contributed by atoms with van der Waals surface area (Å²) in [6.07, 6.45) is 2.08. The van der Waals surface area contributed by atoms with Crippen molar-refractivity contribution in [2.75, 3.05) is 26.9 Å². The second-order valence-electron chi connectivity index (χ2n) is 5.40. The molecule has 1 aliphatic heterocycles. The molecule has 1 saturated heterocycles. The van der Waals surface area contributed by atoms with E-state index in [1.54, 1.807) is 7.11 Å². The van der Waals surface area contributed by atoms with Crippen molar-refractivity contribution in [3.63, 3.8) is 0 Å². The van der Waals surface area contributed by atoms with E-state index in [0.29, 0.717) is 5.92 Å². The highest BCUT2D eigenvalue weighted by Crippen LogP contribution is 2.34. The lowest BCUT2D eigenvalue weighted by Gasteiger charge is -2.19. The van der Waals surface area contributed by atoms with Gasteiger partial charge >= 0.3 is 0 Å². The van der Waals surface area contributed by atoms with Gasteiger partial charge in [-0.15, -0.1) is 0 Å². The lowest BCUT2D eigenvalue weighted by Crippen LogP contribution is -2.27. The molecule has 3 unspecified atom stereocenters. The Morgan fingerprint density at radius 1 is 1.42 bits per heavy atom. The molecule has 0 bridgehead atoms. The van der Waals surface area contributed by atoms with Gasteiger partial charge in [0.1, 0.15) is 5.75 Å². The standard InChI is InChI=1S/C15H21NO3/c1-17-12-3-2-11-6-14(15(16)13(11)7-12)19-9-10-4-5-18-8-10/h2-3,7,10,14-15H,4-6,8-9,16H2,1H3. The lowest BCUT2D eigenvalue weighted by molar-refractivity contribution is 0.0183. The number of hydrogen-bond donors (Lipinski definition) is 1. The molecule has 0 amide bonds. The molecule has 2 N–H and O–H groups in total. The monoisotopic (exact) mass is 263 g/mol. The van der Waals surface area contributed by atoms with Crippen molar-refractivity contribution in [1.82, 2.24) is 0 Å². The fourth-order valence-corrected chi connectivity index (χ4v) is 2.88. The van der Waals surface area contributed by atoms with E-state index < -0.39 is 0 Å². The van der Waals surface area contributed by atoms with E-state index in [-0.39, 0.29) is 12.1 Å². The predicted octanol–water partition coefficient (Wildman–Crippen LogP) is 1.67. The van der Waals surface area contributed by atoms with Crippen molar-refractivity contribution in [3.05, 3.63) is 29.3 Å². The van der Waals surface area contributed by atoms with E-state index in [9.17, 15) is 0 Å². The molecule has 104 valence electrons. The van der Waals surface area contributed by atoms with Crippen molar-refractivity contribution in [2.45, 2.75) is 25.0 Å². The Bertz CT molecular complexity index is 443. The van der Waals surface area contributed by atoms with Crippen LogP contribution in [0.2, 0.25) is 0 Å². The fourth-order valence-electron chi connectivity index (χ4n) is 2.88. The minimum atomic E-state index is -0.0487. The molecule has 3 atom stereocenters. The zero-order valence-corrected chi connectivity index (χ0v) is 11.3. The summed E-state index contributed by atoms with van der Waals surface area (Å²) in [7, 11) is 1.68. The molecule has 1 heterocycles. The Labute approximate surface area is 113 Å². The first-order chi connectivity index (χ1) is 9.28. The Balaban J connectivity index is 1.63. The van der Waals surface area contributed by atoms with Crippen molar-refractivity contribution < 1.29 is 14.2 Å². The Hall–Kier alpha value is -1.10. The van der Waals surface area contributed by atoms with E-state index in [0.717, 1.165) is 44.0 Å². The van der Waals surface area contributed by atoms with Gasteiger partial charge in [-0.25, -0.2) is 0 Å². The number of hydrogen-bond acceptors (Lipinski definition) is 4. The minimum Gasteiger partial charge on any atom is -0.497 e. The molecule has 4 heteroatoms. The molecule has 1 fully saturated rings. The molecule has 4 nitrogen and oxygen atoms in total. The molecular formula is C15H21NO3. The number of nitrogens with two attached hydrogens (primary N) is 1. The van der Waals surface area contributed by atoms with Gasteiger partial charge in [-0.1, -0.05) is 6.07 Å². The van der Waals surface area contributed by atoms with Gasteiger partial charge in [-0.3, -0.25) is 0 Å². The van der Waals surface area contributed by atoms with Gasteiger partial charge in [0.25, 0.3) is 0 Å². The normalized spacial score (nSPS) is 29.5. The molecule has 0 saturated carbocycles. The smallest absolute Gasteiger partial charge is 0.119 e. The third kappa shape index (κ3) is 2.61. The van der Waals surface area contributed by atoms with Gasteiger partial charge in [-0.05, 0) is 29.7 Å². The zero-order chi connectivity index (χ0) is 13.2. The summed E-state index contributed by atoms with van der Waals surface area (Å²) < 4.78 is 16.6. The van der Waals surface area contributed by atoms with Crippen LogP contribution < -0.4 is 10.5 Å². The maximum absolute atomic E-state index is 6.29. The number of ether oxygens (including phenoxy) is 3. The molecule has 1 aromatic rings. The topological polar surface area (TPSA) is 53.7 Å². The van der Waals surface area contributed by atoms with E-state index >= 15 is 0 Å². The van der Waals surface area contributed by atoms with Gasteiger partial charge < -0.3 is 19.9 Å². The van der Waals surface area contributed by atoms with Crippen LogP contribution in [0, 0.1) is 5.92 Å². The Morgan fingerprint density at radius 2 is 2.32 bits per heavy atom. The van der Waals surface area contributed by atoms with Crippen molar-refractivity contribution in [3.8, 4) is 5.75 Å². The summed E-state index contributed by atoms with van der Waals surface area (Å²) in [6, 6.07) is 6.06. The number of benzene rings is 1. The third-order valence-electron chi connectivity index (χ3n) is 4.10. The Kier molecular flexibility index (Phi) is 3.73. The highest BCUT2D eigenvalue weighted by Gasteiger charge is 2.31. The number of rotatable bonds is 4. The van der Waals surface area contributed by atoms with Crippen LogP contribution in [0.25, 0.3) is 0 Å². The summed E-state index contributed by atoms with van der Waals surface area (Å²) in [5.74, 6) is 1.39. The Morgan fingerprint density at radius 3 is 3.05 bits per heavy atom. The van der Waals surface area contributed by atoms with Crippen LogP contribution in [-0.2, 0) is 15.9 Å². The predicted molar refractivity (Wildman–Crippen MR) is 72.3 cm³/mol. The molecule has 1 aliphatic carbocycles. The summed E-state index contributed by atoms with van der Waals surface area (Å²) in [5, 5.41) is 0. The van der Waals surface area contributed by atoms with Gasteiger partial charge in [-0.2, -0.15) is 0 Å². The molecule has 2 aliphatic rings. The largest absolute Gasteiger partial charge is 0.497 e. The first-order valence-electron chi connectivity index (χ1n) is 6.89. The van der Waals surface area contributed by atoms with Crippen LogP contribution in [0.4, 0.5) is 0 Å². The first-order valence-corrected chi connectivity index (χ1v) is 6.89. The zero-order valence-electron chi connectivity index (χ0n) is 11.3. The van der Waals surface area contributed by atoms with E-state index in [2.05, 4.69) is 6.07 Å². The SMILES string of the molecule is COc1ccc2c(c1)C(N)C(OCC1CCOC1)C2. The van der Waals surface area contributed by atoms with Crippen LogP contribution in [0.1, 0.15) is 23.6 Å². The maximum atomic E-state index is 6.29. The van der Waals surface area contributed by atoms with Crippen LogP contribution in [0.15, 0.2) is 18.2 Å². The second-order valence-corrected chi connectivity index (χ2v) is 5.40. The minimum absolute atomic E-state index is 0.0487. The van der Waals surface area contributed by atoms with Gasteiger partial charge in [0, 0.05) is 18.9 Å². The highest BCUT2D eigenvalue weighted by atomic mass is 16.5. The highest BCUT2D eigenvalue weighted by molar-refractivity contribution is 5.42. The van der Waals surface area contributed by atoms with Gasteiger partial charge in [0.05, 0.1) is 32.5 Å².